The number of fused-ring (bicyclic) bond motifs is 5. The maximum Gasteiger partial charge on any atom is -1.00 e. The first-order chi connectivity index (χ1) is 22.7. The molecule has 0 aliphatic heterocycles. The molecule has 268 valence electrons. The van der Waals surface area contributed by atoms with E-state index in [-0.39, 0.29) is 46.5 Å². The summed E-state index contributed by atoms with van der Waals surface area (Å²) in [6, 6.07) is 20.2. The van der Waals surface area contributed by atoms with Gasteiger partial charge < -0.3 is 24.8 Å². The molecule has 0 bridgehead atoms. The summed E-state index contributed by atoms with van der Waals surface area (Å²) < 4.78 is 5.11. The van der Waals surface area contributed by atoms with Crippen LogP contribution in [0.5, 0.6) is 0 Å². The van der Waals surface area contributed by atoms with Gasteiger partial charge in [0.2, 0.25) is 0 Å². The predicted octanol–water partition coefficient (Wildman–Crippen LogP) is 7.21. The van der Waals surface area contributed by atoms with Crippen LogP contribution < -0.4 is 24.8 Å². The molecule has 0 saturated heterocycles. The van der Waals surface area contributed by atoms with E-state index in [2.05, 4.69) is 167 Å². The average Bonchev–Trinajstić information content (AvgIpc) is 3.65. The van der Waals surface area contributed by atoms with Crippen molar-refractivity contribution in [3.63, 3.8) is 0 Å². The Morgan fingerprint density at radius 1 is 0.686 bits per heavy atom. The second kappa shape index (κ2) is 13.4. The summed E-state index contributed by atoms with van der Waals surface area (Å²) in [5.41, 5.74) is 21.4. The van der Waals surface area contributed by atoms with E-state index in [1.54, 1.807) is 22.3 Å². The van der Waals surface area contributed by atoms with Crippen LogP contribution in [0.2, 0.25) is 0 Å². The van der Waals surface area contributed by atoms with Crippen LogP contribution >= 0.6 is 0 Å². The van der Waals surface area contributed by atoms with Gasteiger partial charge in [0.05, 0.1) is 0 Å². The molecule has 0 N–H and O–H groups in total. The molecule has 0 aromatic heterocycles. The molecule has 4 aliphatic rings. The summed E-state index contributed by atoms with van der Waals surface area (Å²) in [7, 11) is 0. The van der Waals surface area contributed by atoms with Gasteiger partial charge in [-0.2, -0.15) is 0 Å². The van der Waals surface area contributed by atoms with E-state index >= 15 is 0 Å². The molecule has 4 aliphatic carbocycles. The predicted molar refractivity (Wildman–Crippen MR) is 211 cm³/mol. The van der Waals surface area contributed by atoms with Gasteiger partial charge in [0.1, 0.15) is 0 Å². The van der Waals surface area contributed by atoms with E-state index in [1.807, 2.05) is 3.28 Å². The van der Waals surface area contributed by atoms with Gasteiger partial charge in [-0.1, -0.05) is 0 Å². The van der Waals surface area contributed by atoms with E-state index in [0.29, 0.717) is 9.54 Å². The summed E-state index contributed by atoms with van der Waals surface area (Å²) in [6.45, 7) is 33.4. The van der Waals surface area contributed by atoms with Gasteiger partial charge in [-0.25, -0.2) is 0 Å². The molecule has 3 heteroatoms. The molecule has 7 rings (SSSR count). The quantitative estimate of drug-likeness (QED) is 0.262. The fraction of sp³-hybridized carbons (Fsp3) is 0.438. The average molecular weight is 797 g/mol. The van der Waals surface area contributed by atoms with Gasteiger partial charge >= 0.3 is 307 Å². The van der Waals surface area contributed by atoms with Crippen LogP contribution in [0.15, 0.2) is 81.2 Å². The van der Waals surface area contributed by atoms with E-state index in [1.165, 1.54) is 55.7 Å². The van der Waals surface area contributed by atoms with Gasteiger partial charge in [0.25, 0.3) is 0 Å². The Labute approximate surface area is 330 Å². The molecular weight excluding hydrogens is 739 g/mol. The smallest absolute Gasteiger partial charge is 1.00 e. The Bertz CT molecular complexity index is 1990. The molecule has 3 aromatic carbocycles. The molecular formula is C48H58Cl2Zr. The number of halogens is 2. The molecule has 0 nitrogen and oxygen atoms in total. The third-order valence-corrected chi connectivity index (χ3v) is 20.1. The fourth-order valence-electron chi connectivity index (χ4n) is 9.74. The van der Waals surface area contributed by atoms with E-state index < -0.39 is 21.3 Å². The van der Waals surface area contributed by atoms with Crippen molar-refractivity contribution in [3.05, 3.63) is 126 Å². The number of allylic oxidation sites excluding steroid dienone is 8. The monoisotopic (exact) mass is 794 g/mol. The molecule has 0 saturated carbocycles. The maximum absolute atomic E-state index is 2.85. The first kappa shape index (κ1) is 40.1. The summed E-state index contributed by atoms with van der Waals surface area (Å²) in [6.07, 6.45) is 8.76. The van der Waals surface area contributed by atoms with Crippen LogP contribution in [-0.4, -0.2) is 3.71 Å². The van der Waals surface area contributed by atoms with Gasteiger partial charge in [0.15, 0.2) is 0 Å². The van der Waals surface area contributed by atoms with Gasteiger partial charge in [-0.05, 0) is 0 Å². The van der Waals surface area contributed by atoms with Crippen molar-refractivity contribution in [2.45, 2.75) is 123 Å². The zero-order valence-corrected chi connectivity index (χ0v) is 37.5. The van der Waals surface area contributed by atoms with Crippen LogP contribution in [0.3, 0.4) is 0 Å². The minimum absolute atomic E-state index is 0. The normalized spacial score (nSPS) is 19.8. The van der Waals surface area contributed by atoms with Crippen molar-refractivity contribution in [1.29, 1.82) is 0 Å². The van der Waals surface area contributed by atoms with Crippen molar-refractivity contribution in [1.82, 2.24) is 0 Å². The molecule has 0 radical (unpaired) electrons. The third kappa shape index (κ3) is 6.59. The minimum Gasteiger partial charge on any atom is -1.00 e. The minimum atomic E-state index is -2.71. The van der Waals surface area contributed by atoms with Gasteiger partial charge in [0, 0.05) is 0 Å². The molecule has 0 heterocycles. The number of rotatable bonds is 4. The summed E-state index contributed by atoms with van der Waals surface area (Å²) in [5.74, 6) is 0.473. The molecule has 1 atom stereocenters. The number of benzene rings is 3. The first-order valence-corrected chi connectivity index (χ1v) is 22.8. The van der Waals surface area contributed by atoms with Crippen LogP contribution in [-0.2, 0) is 37.5 Å². The Morgan fingerprint density at radius 3 is 1.57 bits per heavy atom. The number of hydrogen-bond acceptors (Lipinski definition) is 0. The number of hydrogen-bond donors (Lipinski definition) is 0. The molecule has 3 aromatic rings. The summed E-state index contributed by atoms with van der Waals surface area (Å²) in [4.78, 5) is 0. The fourth-order valence-corrected chi connectivity index (χ4v) is 18.6. The zero-order chi connectivity index (χ0) is 35.6. The Balaban J connectivity index is 0.00000252. The summed E-state index contributed by atoms with van der Waals surface area (Å²) >= 11 is -2.71. The molecule has 1 unspecified atom stereocenters. The second-order valence-corrected chi connectivity index (χ2v) is 24.5. The van der Waals surface area contributed by atoms with Crippen molar-refractivity contribution in [2.75, 3.05) is 0 Å². The Hall–Kier alpha value is -2.05. The van der Waals surface area contributed by atoms with Crippen molar-refractivity contribution >= 4 is 14.9 Å². The van der Waals surface area contributed by atoms with Crippen molar-refractivity contribution in [3.8, 4) is 11.1 Å². The molecule has 51 heavy (non-hydrogen) atoms. The van der Waals surface area contributed by atoms with Crippen molar-refractivity contribution < 1.29 is 46.1 Å². The molecule has 0 amide bonds. The van der Waals surface area contributed by atoms with Crippen LogP contribution in [0, 0.1) is 11.3 Å². The Kier molecular flexibility index (Phi) is 10.5. The largest absolute Gasteiger partial charge is 1.00 e. The van der Waals surface area contributed by atoms with Gasteiger partial charge in [-0.15, -0.1) is 0 Å². The standard InChI is InChI=1S/C25H25.C12H19.C11H14.2ClH.Zr/c1-14-12-24(3,4)22-8-16-7-17-9-23-19(15(2)13-25(23,5)6)11-21(17)20(16)10-18(14)22;1-6-10-7-9(2)8-11(10)12(3,4)5;1-9-5-7-10(8-6-9)11(2,3)4;;;/h7-13H,1-6H3;8-9H,6H2,1-5H3;1,5-8H,2-4H3;2*1H;/q;;;;;+2/p-2. The van der Waals surface area contributed by atoms with E-state index in [4.69, 9.17) is 0 Å². The maximum atomic E-state index is 2.85. The van der Waals surface area contributed by atoms with Crippen LogP contribution in [0.1, 0.15) is 151 Å². The molecule has 0 fully saturated rings. The third-order valence-electron chi connectivity index (χ3n) is 12.1. The molecule has 0 spiro atoms. The van der Waals surface area contributed by atoms with E-state index in [0.717, 1.165) is 6.42 Å². The SMILES string of the molecule is CCC1=[C](/[Zr+2](=[CH]\c2ccc(C(C)(C)C)cc2)[CH]2c3cc4c(cc3-c3cc5c(cc32)C(C)(C)C=C5C)C(C)=CC4(C)C)C(C)C=C1C(C)(C)C.[Cl-].[Cl-]. The van der Waals surface area contributed by atoms with Crippen LogP contribution in [0.4, 0.5) is 0 Å². The van der Waals surface area contributed by atoms with Crippen molar-refractivity contribution in [2.24, 2.45) is 11.3 Å². The van der Waals surface area contributed by atoms with Gasteiger partial charge in [-0.3, -0.25) is 0 Å². The second-order valence-electron chi connectivity index (χ2n) is 18.8. The Morgan fingerprint density at radius 2 is 1.16 bits per heavy atom. The zero-order valence-electron chi connectivity index (χ0n) is 33.5. The summed E-state index contributed by atoms with van der Waals surface area (Å²) in [5, 5.41) is 0. The topological polar surface area (TPSA) is 0 Å². The first-order valence-electron chi connectivity index (χ1n) is 18.8. The van der Waals surface area contributed by atoms with E-state index in [9.17, 15) is 0 Å². The van der Waals surface area contributed by atoms with Crippen LogP contribution in [0.25, 0.3) is 22.3 Å².